The maximum Gasteiger partial charge on any atom is 0.260 e. The Morgan fingerprint density at radius 1 is 1.53 bits per heavy atom. The summed E-state index contributed by atoms with van der Waals surface area (Å²) in [5.74, 6) is 0. The van der Waals surface area contributed by atoms with Crippen LogP contribution in [-0.2, 0) is 16.6 Å². The Kier molecular flexibility index (Phi) is 4.59. The molecule has 0 saturated heterocycles. The Labute approximate surface area is 114 Å². The first-order valence-electron chi connectivity index (χ1n) is 6.80. The third-order valence-electron chi connectivity index (χ3n) is 3.30. The highest BCUT2D eigenvalue weighted by Gasteiger charge is 2.39. The van der Waals surface area contributed by atoms with Crippen LogP contribution < -0.4 is 5.32 Å². The molecule has 2 N–H and O–H groups in total. The maximum absolute atomic E-state index is 12.7. The summed E-state index contributed by atoms with van der Waals surface area (Å²) in [6.07, 6.45) is 5.40. The molecule has 6 nitrogen and oxygen atoms in total. The highest BCUT2D eigenvalue weighted by Crippen LogP contribution is 2.32. The Morgan fingerprint density at radius 3 is 2.84 bits per heavy atom. The molecule has 0 unspecified atom stereocenters. The van der Waals surface area contributed by atoms with Crippen molar-refractivity contribution in [2.24, 2.45) is 0 Å². The first-order valence-corrected chi connectivity index (χ1v) is 8.24. The van der Waals surface area contributed by atoms with E-state index in [0.717, 1.165) is 25.7 Å². The quantitative estimate of drug-likeness (QED) is 0.749. The van der Waals surface area contributed by atoms with Crippen LogP contribution in [0.25, 0.3) is 0 Å². The van der Waals surface area contributed by atoms with Crippen molar-refractivity contribution in [1.29, 1.82) is 0 Å². The van der Waals surface area contributed by atoms with Crippen LogP contribution in [0.4, 0.5) is 0 Å². The van der Waals surface area contributed by atoms with Gasteiger partial charge >= 0.3 is 0 Å². The molecule has 1 aliphatic carbocycles. The summed E-state index contributed by atoms with van der Waals surface area (Å²) in [6, 6.07) is 0.183. The summed E-state index contributed by atoms with van der Waals surface area (Å²) in [5, 5.41) is 9.74. The molecular formula is C12H22N4O2S. The summed E-state index contributed by atoms with van der Waals surface area (Å²) in [6.45, 7) is 3.17. The van der Waals surface area contributed by atoms with E-state index in [2.05, 4.69) is 22.4 Å². The van der Waals surface area contributed by atoms with Crippen molar-refractivity contribution in [1.82, 2.24) is 19.8 Å². The molecule has 1 aromatic rings. The number of nitrogens with one attached hydrogen (secondary N) is 2. The molecule has 0 aromatic carbocycles. The zero-order valence-corrected chi connectivity index (χ0v) is 12.3. The molecule has 7 heteroatoms. The molecule has 1 saturated carbocycles. The van der Waals surface area contributed by atoms with E-state index in [0.29, 0.717) is 18.7 Å². The minimum atomic E-state index is -3.44. The second-order valence-electron chi connectivity index (χ2n) is 4.96. The van der Waals surface area contributed by atoms with Gasteiger partial charge in [0.25, 0.3) is 10.0 Å². The van der Waals surface area contributed by atoms with E-state index in [-0.39, 0.29) is 11.1 Å². The molecule has 2 rings (SSSR count). The summed E-state index contributed by atoms with van der Waals surface area (Å²) in [7, 11) is -1.65. The SMILES string of the molecule is CCCCN(C1CC1)S(=O)(=O)c1[nH]ncc1CNC. The van der Waals surface area contributed by atoms with Crippen molar-refractivity contribution in [3.8, 4) is 0 Å². The zero-order chi connectivity index (χ0) is 13.9. The smallest absolute Gasteiger partial charge is 0.260 e. The number of rotatable bonds is 8. The highest BCUT2D eigenvalue weighted by atomic mass is 32.2. The van der Waals surface area contributed by atoms with Crippen LogP contribution in [-0.4, -0.2) is 42.6 Å². The molecule has 0 bridgehead atoms. The van der Waals surface area contributed by atoms with E-state index in [9.17, 15) is 8.42 Å². The lowest BCUT2D eigenvalue weighted by Gasteiger charge is -2.21. The predicted molar refractivity (Wildman–Crippen MR) is 73.2 cm³/mol. The lowest BCUT2D eigenvalue weighted by Crippen LogP contribution is -2.35. The molecular weight excluding hydrogens is 264 g/mol. The summed E-state index contributed by atoms with van der Waals surface area (Å²) in [5.41, 5.74) is 0.699. The number of hydrogen-bond donors (Lipinski definition) is 2. The van der Waals surface area contributed by atoms with Gasteiger partial charge in [-0.1, -0.05) is 13.3 Å². The minimum Gasteiger partial charge on any atom is -0.316 e. The van der Waals surface area contributed by atoms with Crippen molar-refractivity contribution in [3.05, 3.63) is 11.8 Å². The van der Waals surface area contributed by atoms with Crippen LogP contribution in [0.1, 0.15) is 38.2 Å². The molecule has 1 fully saturated rings. The van der Waals surface area contributed by atoms with Crippen LogP contribution in [0.3, 0.4) is 0 Å². The molecule has 0 aliphatic heterocycles. The van der Waals surface area contributed by atoms with Crippen molar-refractivity contribution >= 4 is 10.0 Å². The van der Waals surface area contributed by atoms with E-state index >= 15 is 0 Å². The highest BCUT2D eigenvalue weighted by molar-refractivity contribution is 7.89. The predicted octanol–water partition coefficient (Wildman–Crippen LogP) is 1.08. The van der Waals surface area contributed by atoms with Crippen molar-refractivity contribution in [2.75, 3.05) is 13.6 Å². The van der Waals surface area contributed by atoms with Gasteiger partial charge in [-0.05, 0) is 26.3 Å². The van der Waals surface area contributed by atoms with E-state index in [4.69, 9.17) is 0 Å². The van der Waals surface area contributed by atoms with Gasteiger partial charge in [0, 0.05) is 24.7 Å². The van der Waals surface area contributed by atoms with Crippen LogP contribution >= 0.6 is 0 Å². The molecule has 1 aromatic heterocycles. The van der Waals surface area contributed by atoms with E-state index in [1.165, 1.54) is 0 Å². The maximum atomic E-state index is 12.7. The Hall–Kier alpha value is -0.920. The first-order chi connectivity index (χ1) is 9.11. The van der Waals surface area contributed by atoms with E-state index < -0.39 is 10.0 Å². The molecule has 19 heavy (non-hydrogen) atoms. The Bertz CT molecular complexity index is 508. The van der Waals surface area contributed by atoms with Crippen molar-refractivity contribution < 1.29 is 8.42 Å². The number of aromatic nitrogens is 2. The summed E-state index contributed by atoms with van der Waals surface area (Å²) >= 11 is 0. The third-order valence-corrected chi connectivity index (χ3v) is 5.27. The van der Waals surface area contributed by atoms with E-state index in [1.807, 2.05) is 0 Å². The Balaban J connectivity index is 2.25. The lowest BCUT2D eigenvalue weighted by molar-refractivity contribution is 0.393. The largest absolute Gasteiger partial charge is 0.316 e. The van der Waals surface area contributed by atoms with Crippen LogP contribution in [0, 0.1) is 0 Å². The number of hydrogen-bond acceptors (Lipinski definition) is 4. The molecule has 108 valence electrons. The van der Waals surface area contributed by atoms with Crippen molar-refractivity contribution in [3.63, 3.8) is 0 Å². The molecule has 0 spiro atoms. The van der Waals surface area contributed by atoms with Gasteiger partial charge in [0.1, 0.15) is 0 Å². The monoisotopic (exact) mass is 286 g/mol. The Morgan fingerprint density at radius 2 is 2.26 bits per heavy atom. The fourth-order valence-electron chi connectivity index (χ4n) is 2.13. The van der Waals surface area contributed by atoms with Gasteiger partial charge in [-0.2, -0.15) is 9.40 Å². The molecule has 0 radical (unpaired) electrons. The fraction of sp³-hybridized carbons (Fsp3) is 0.750. The van der Waals surface area contributed by atoms with Gasteiger partial charge in [-0.25, -0.2) is 8.42 Å². The van der Waals surface area contributed by atoms with Gasteiger partial charge in [-0.3, -0.25) is 5.10 Å². The third kappa shape index (κ3) is 3.16. The average molecular weight is 286 g/mol. The molecule has 1 heterocycles. The molecule has 1 aliphatic rings. The van der Waals surface area contributed by atoms with Gasteiger partial charge in [0.15, 0.2) is 5.03 Å². The van der Waals surface area contributed by atoms with Gasteiger partial charge in [0.05, 0.1) is 6.20 Å². The van der Waals surface area contributed by atoms with Crippen molar-refractivity contribution in [2.45, 2.75) is 50.2 Å². The number of sulfonamides is 1. The fourth-order valence-corrected chi connectivity index (χ4v) is 3.96. The average Bonchev–Trinajstić information content (AvgIpc) is 3.08. The van der Waals surface area contributed by atoms with Gasteiger partial charge in [-0.15, -0.1) is 0 Å². The number of nitrogens with zero attached hydrogens (tertiary/aromatic N) is 2. The zero-order valence-electron chi connectivity index (χ0n) is 11.5. The van der Waals surface area contributed by atoms with Gasteiger partial charge < -0.3 is 5.32 Å². The summed E-state index contributed by atoms with van der Waals surface area (Å²) < 4.78 is 27.0. The lowest BCUT2D eigenvalue weighted by atomic mass is 10.3. The first kappa shape index (κ1) is 14.5. The second kappa shape index (κ2) is 6.02. The number of unbranched alkanes of at least 4 members (excludes halogenated alkanes) is 1. The standard InChI is InChI=1S/C12H22N4O2S/c1-3-4-7-16(11-5-6-11)19(17,18)12-10(8-13-2)9-14-15-12/h9,11,13H,3-8H2,1-2H3,(H,14,15). The van der Waals surface area contributed by atoms with E-state index in [1.54, 1.807) is 17.5 Å². The number of H-pyrrole nitrogens is 1. The number of aromatic amines is 1. The minimum absolute atomic E-state index is 0.183. The van der Waals surface area contributed by atoms with Crippen LogP contribution in [0.2, 0.25) is 0 Å². The normalized spacial score (nSPS) is 16.2. The molecule has 0 atom stereocenters. The van der Waals surface area contributed by atoms with Crippen LogP contribution in [0.5, 0.6) is 0 Å². The topological polar surface area (TPSA) is 78.1 Å². The summed E-state index contributed by atoms with van der Waals surface area (Å²) in [4.78, 5) is 0. The van der Waals surface area contributed by atoms with Gasteiger partial charge in [0.2, 0.25) is 0 Å². The molecule has 0 amide bonds. The van der Waals surface area contributed by atoms with Crippen LogP contribution in [0.15, 0.2) is 11.2 Å². The second-order valence-corrected chi connectivity index (χ2v) is 6.78.